The van der Waals surface area contributed by atoms with E-state index in [1.54, 1.807) is 18.3 Å². The van der Waals surface area contributed by atoms with E-state index in [1.165, 1.54) is 13.2 Å². The number of carbonyl (C=O) groups excluding carboxylic acids is 2. The quantitative estimate of drug-likeness (QED) is 0.840. The Bertz CT molecular complexity index is 903. The van der Waals surface area contributed by atoms with Gasteiger partial charge in [-0.1, -0.05) is 0 Å². The number of aromatic nitrogens is 1. The van der Waals surface area contributed by atoms with Gasteiger partial charge in [0.05, 0.1) is 24.2 Å². The van der Waals surface area contributed by atoms with Gasteiger partial charge in [-0.3, -0.25) is 14.6 Å². The molecule has 0 radical (unpaired) electrons. The second-order valence-electron chi connectivity index (χ2n) is 6.31. The fourth-order valence-corrected chi connectivity index (χ4v) is 3.34. The SMILES string of the molecule is COc1cc2c(OC[C@H]3NC(=O)[C@]4(F)C[C@H]34)ccnc2cc1C(N)=O. The Hall–Kier alpha value is -2.90. The second kappa shape index (κ2) is 5.30. The van der Waals surface area contributed by atoms with Crippen LogP contribution >= 0.6 is 0 Å². The maximum atomic E-state index is 14.0. The summed E-state index contributed by atoms with van der Waals surface area (Å²) >= 11 is 0. The maximum Gasteiger partial charge on any atom is 0.258 e. The van der Waals surface area contributed by atoms with Crippen molar-refractivity contribution in [1.82, 2.24) is 10.3 Å². The predicted molar refractivity (Wildman–Crippen MR) is 86.2 cm³/mol. The first-order chi connectivity index (χ1) is 11.9. The third-order valence-electron chi connectivity index (χ3n) is 4.83. The van der Waals surface area contributed by atoms with Crippen LogP contribution in [-0.4, -0.2) is 42.2 Å². The van der Waals surface area contributed by atoms with Gasteiger partial charge in [-0.25, -0.2) is 4.39 Å². The Morgan fingerprint density at radius 2 is 2.28 bits per heavy atom. The summed E-state index contributed by atoms with van der Waals surface area (Å²) in [6.07, 6.45) is 1.79. The number of nitrogens with one attached hydrogen (secondary N) is 1. The largest absolute Gasteiger partial charge is 0.496 e. The number of primary amides is 1. The van der Waals surface area contributed by atoms with Gasteiger partial charge in [-0.15, -0.1) is 0 Å². The first-order valence-corrected chi connectivity index (χ1v) is 7.83. The van der Waals surface area contributed by atoms with Crippen molar-refractivity contribution in [2.75, 3.05) is 13.7 Å². The summed E-state index contributed by atoms with van der Waals surface area (Å²) in [6.45, 7) is 0.154. The number of amides is 2. The minimum absolute atomic E-state index is 0.154. The van der Waals surface area contributed by atoms with E-state index in [0.29, 0.717) is 22.4 Å². The Morgan fingerprint density at radius 1 is 1.48 bits per heavy atom. The number of fused-ring (bicyclic) bond motifs is 2. The van der Waals surface area contributed by atoms with Crippen LogP contribution in [0.1, 0.15) is 16.8 Å². The molecule has 0 bridgehead atoms. The van der Waals surface area contributed by atoms with Crippen LogP contribution in [0, 0.1) is 5.92 Å². The summed E-state index contributed by atoms with van der Waals surface area (Å²) in [4.78, 5) is 27.3. The van der Waals surface area contributed by atoms with Crippen LogP contribution in [0.2, 0.25) is 0 Å². The summed E-state index contributed by atoms with van der Waals surface area (Å²) in [7, 11) is 1.44. The average molecular weight is 345 g/mol. The molecule has 130 valence electrons. The molecule has 1 saturated heterocycles. The number of hydrogen-bond acceptors (Lipinski definition) is 5. The molecule has 1 aliphatic heterocycles. The molecule has 2 aliphatic rings. The van der Waals surface area contributed by atoms with E-state index in [9.17, 15) is 14.0 Å². The van der Waals surface area contributed by atoms with Crippen LogP contribution in [0.25, 0.3) is 10.9 Å². The fourth-order valence-electron chi connectivity index (χ4n) is 3.34. The molecule has 1 aromatic carbocycles. The van der Waals surface area contributed by atoms with E-state index in [1.807, 2.05) is 0 Å². The molecule has 25 heavy (non-hydrogen) atoms. The highest BCUT2D eigenvalue weighted by Crippen LogP contribution is 2.53. The van der Waals surface area contributed by atoms with Crippen molar-refractivity contribution in [2.45, 2.75) is 18.1 Å². The third-order valence-corrected chi connectivity index (χ3v) is 4.83. The van der Waals surface area contributed by atoms with Crippen molar-refractivity contribution in [1.29, 1.82) is 0 Å². The molecule has 2 fully saturated rings. The number of ether oxygens (including phenoxy) is 2. The van der Waals surface area contributed by atoms with Gasteiger partial charge in [-0.2, -0.15) is 0 Å². The molecule has 0 unspecified atom stereocenters. The molecule has 1 aromatic heterocycles. The average Bonchev–Trinajstić information content (AvgIpc) is 3.23. The lowest BCUT2D eigenvalue weighted by atomic mass is 10.1. The molecule has 7 nitrogen and oxygen atoms in total. The number of nitrogens with two attached hydrogens (primary N) is 1. The van der Waals surface area contributed by atoms with Gasteiger partial charge < -0.3 is 20.5 Å². The lowest BCUT2D eigenvalue weighted by molar-refractivity contribution is -0.125. The number of rotatable bonds is 5. The number of nitrogens with zero attached hydrogens (tertiary/aromatic N) is 1. The number of piperidine rings is 1. The summed E-state index contributed by atoms with van der Waals surface area (Å²) in [5, 5.41) is 3.25. The standard InChI is InChI=1S/C17H16FN3O4/c1-24-14-5-8-11(4-9(14)15(19)22)20-3-2-13(8)25-7-12-10-6-17(10,18)16(23)21-12/h2-5,10,12H,6-7H2,1H3,(H2,19,22)(H,21,23)/t10-,12-,17+/m1/s1. The number of alkyl halides is 1. The van der Waals surface area contributed by atoms with Crippen LogP contribution in [0.15, 0.2) is 24.4 Å². The normalized spacial score (nSPS) is 26.9. The number of hydrogen-bond donors (Lipinski definition) is 2. The first-order valence-electron chi connectivity index (χ1n) is 7.83. The van der Waals surface area contributed by atoms with Crippen molar-refractivity contribution in [3.63, 3.8) is 0 Å². The molecule has 3 atom stereocenters. The van der Waals surface area contributed by atoms with Crippen LogP contribution in [-0.2, 0) is 4.79 Å². The topological polar surface area (TPSA) is 104 Å². The fraction of sp³-hybridized carbons (Fsp3) is 0.353. The third kappa shape index (κ3) is 2.36. The summed E-state index contributed by atoms with van der Waals surface area (Å²) in [5.74, 6) is -0.682. The van der Waals surface area contributed by atoms with Crippen molar-refractivity contribution >= 4 is 22.7 Å². The van der Waals surface area contributed by atoms with Crippen molar-refractivity contribution in [3.05, 3.63) is 30.0 Å². The van der Waals surface area contributed by atoms with Crippen molar-refractivity contribution < 1.29 is 23.5 Å². The molecule has 2 heterocycles. The van der Waals surface area contributed by atoms with Gasteiger partial charge in [0.1, 0.15) is 18.1 Å². The molecule has 8 heteroatoms. The molecule has 2 amide bonds. The molecule has 2 aromatic rings. The zero-order valence-corrected chi connectivity index (χ0v) is 13.4. The first kappa shape index (κ1) is 15.6. The van der Waals surface area contributed by atoms with E-state index in [-0.39, 0.29) is 30.6 Å². The van der Waals surface area contributed by atoms with Crippen LogP contribution < -0.4 is 20.5 Å². The smallest absolute Gasteiger partial charge is 0.258 e. The van der Waals surface area contributed by atoms with Gasteiger partial charge in [0.25, 0.3) is 11.8 Å². The minimum Gasteiger partial charge on any atom is -0.496 e. The van der Waals surface area contributed by atoms with Crippen LogP contribution in [0.4, 0.5) is 4.39 Å². The molecule has 0 spiro atoms. The van der Waals surface area contributed by atoms with Gasteiger partial charge in [0.2, 0.25) is 0 Å². The molecular formula is C17H16FN3O4. The number of methoxy groups -OCH3 is 1. The lowest BCUT2D eigenvalue weighted by Gasteiger charge is -2.16. The summed E-state index contributed by atoms with van der Waals surface area (Å²) in [5.41, 5.74) is 4.38. The van der Waals surface area contributed by atoms with E-state index < -0.39 is 17.5 Å². The monoisotopic (exact) mass is 345 g/mol. The van der Waals surface area contributed by atoms with Gasteiger partial charge in [-0.05, 0) is 24.6 Å². The molecular weight excluding hydrogens is 329 g/mol. The number of benzene rings is 1. The molecule has 4 rings (SSSR count). The van der Waals surface area contributed by atoms with Gasteiger partial charge >= 0.3 is 0 Å². The number of carbonyl (C=O) groups is 2. The Labute approximate surface area is 142 Å². The maximum absolute atomic E-state index is 14.0. The summed E-state index contributed by atoms with van der Waals surface area (Å²) < 4.78 is 25.0. The second-order valence-corrected chi connectivity index (χ2v) is 6.31. The minimum atomic E-state index is -1.71. The Morgan fingerprint density at radius 3 is 2.88 bits per heavy atom. The molecule has 3 N–H and O–H groups in total. The molecule has 1 saturated carbocycles. The van der Waals surface area contributed by atoms with Crippen molar-refractivity contribution in [3.8, 4) is 11.5 Å². The van der Waals surface area contributed by atoms with Crippen LogP contribution in [0.3, 0.4) is 0 Å². The predicted octanol–water partition coefficient (Wildman–Crippen LogP) is 0.948. The highest BCUT2D eigenvalue weighted by atomic mass is 19.1. The highest BCUT2D eigenvalue weighted by Gasteiger charge is 2.69. The highest BCUT2D eigenvalue weighted by molar-refractivity contribution is 6.01. The van der Waals surface area contributed by atoms with E-state index in [4.69, 9.17) is 15.2 Å². The zero-order chi connectivity index (χ0) is 17.8. The number of halogens is 1. The van der Waals surface area contributed by atoms with Crippen LogP contribution in [0.5, 0.6) is 11.5 Å². The summed E-state index contributed by atoms with van der Waals surface area (Å²) in [6, 6.07) is 4.47. The van der Waals surface area contributed by atoms with Gasteiger partial charge in [0, 0.05) is 17.5 Å². The zero-order valence-electron chi connectivity index (χ0n) is 13.4. The van der Waals surface area contributed by atoms with E-state index >= 15 is 0 Å². The molecule has 1 aliphatic carbocycles. The Balaban J connectivity index is 1.62. The number of pyridine rings is 1. The van der Waals surface area contributed by atoms with Gasteiger partial charge in [0.15, 0.2) is 5.67 Å². The van der Waals surface area contributed by atoms with Crippen molar-refractivity contribution in [2.24, 2.45) is 11.7 Å². The Kier molecular flexibility index (Phi) is 3.31. The van der Waals surface area contributed by atoms with E-state index in [0.717, 1.165) is 0 Å². The van der Waals surface area contributed by atoms with E-state index in [2.05, 4.69) is 10.3 Å². The lowest BCUT2D eigenvalue weighted by Crippen LogP contribution is -2.36.